The van der Waals surface area contributed by atoms with Crippen LogP contribution in [0.3, 0.4) is 0 Å². The van der Waals surface area contributed by atoms with E-state index >= 15 is 0 Å². The zero-order valence-electron chi connectivity index (χ0n) is 18.5. The number of ether oxygens (including phenoxy) is 1. The molecule has 1 aliphatic rings. The summed E-state index contributed by atoms with van der Waals surface area (Å²) >= 11 is 0. The van der Waals surface area contributed by atoms with E-state index in [1.807, 2.05) is 54.6 Å². The van der Waals surface area contributed by atoms with Crippen LogP contribution in [0.2, 0.25) is 0 Å². The molecule has 7 heteroatoms. The molecule has 0 saturated carbocycles. The van der Waals surface area contributed by atoms with Crippen molar-refractivity contribution < 1.29 is 9.53 Å². The minimum absolute atomic E-state index is 0.0778. The average Bonchev–Trinajstić information content (AvgIpc) is 2.85. The lowest BCUT2D eigenvalue weighted by Crippen LogP contribution is -2.40. The first-order valence-electron chi connectivity index (χ1n) is 10.9. The molecule has 0 bridgehead atoms. The second-order valence-corrected chi connectivity index (χ2v) is 7.86. The average molecular weight is 433 g/mol. The van der Waals surface area contributed by atoms with Crippen molar-refractivity contribution in [3.05, 3.63) is 81.8 Å². The molecule has 0 fully saturated rings. The predicted octanol–water partition coefficient (Wildman–Crippen LogP) is 2.61. The number of nitrogens with one attached hydrogen (secondary N) is 1. The Labute approximate surface area is 187 Å². The molecule has 32 heavy (non-hydrogen) atoms. The first kappa shape index (κ1) is 21.8. The molecule has 0 unspecified atom stereocenters. The van der Waals surface area contributed by atoms with Gasteiger partial charge in [0.15, 0.2) is 0 Å². The van der Waals surface area contributed by atoms with Crippen LogP contribution in [0.25, 0.3) is 11.4 Å². The summed E-state index contributed by atoms with van der Waals surface area (Å²) in [6, 6.07) is 17.1. The SMILES string of the molecule is CCN1CCc2nc(-c3ccccc3)n(CC(=O)NCc3ccc(OC)cc3)c(=O)c2C1. The van der Waals surface area contributed by atoms with Gasteiger partial charge in [0, 0.05) is 31.6 Å². The summed E-state index contributed by atoms with van der Waals surface area (Å²) < 4.78 is 6.68. The number of carbonyl (C=O) groups excluding carboxylic acids is 1. The van der Waals surface area contributed by atoms with Crippen molar-refractivity contribution in [2.24, 2.45) is 0 Å². The molecule has 1 aromatic heterocycles. The fourth-order valence-corrected chi connectivity index (χ4v) is 3.94. The van der Waals surface area contributed by atoms with Gasteiger partial charge in [0.05, 0.1) is 18.4 Å². The molecule has 2 aromatic carbocycles. The second-order valence-electron chi connectivity index (χ2n) is 7.86. The molecule has 3 aromatic rings. The maximum Gasteiger partial charge on any atom is 0.259 e. The van der Waals surface area contributed by atoms with Crippen molar-refractivity contribution in [2.45, 2.75) is 33.0 Å². The van der Waals surface area contributed by atoms with Crippen molar-refractivity contribution in [3.63, 3.8) is 0 Å². The van der Waals surface area contributed by atoms with Crippen molar-refractivity contribution in [2.75, 3.05) is 20.2 Å². The minimum atomic E-state index is -0.231. The van der Waals surface area contributed by atoms with E-state index in [4.69, 9.17) is 9.72 Å². The number of hydrogen-bond acceptors (Lipinski definition) is 5. The monoisotopic (exact) mass is 432 g/mol. The van der Waals surface area contributed by atoms with Crippen LogP contribution in [-0.4, -0.2) is 40.6 Å². The van der Waals surface area contributed by atoms with Gasteiger partial charge < -0.3 is 10.1 Å². The zero-order valence-corrected chi connectivity index (χ0v) is 18.5. The molecular weight excluding hydrogens is 404 g/mol. The third-order valence-electron chi connectivity index (χ3n) is 5.82. The van der Waals surface area contributed by atoms with Gasteiger partial charge in [-0.3, -0.25) is 19.1 Å². The summed E-state index contributed by atoms with van der Waals surface area (Å²) in [7, 11) is 1.62. The lowest BCUT2D eigenvalue weighted by molar-refractivity contribution is -0.121. The number of aromatic nitrogens is 2. The molecular formula is C25H28N4O3. The molecule has 7 nitrogen and oxygen atoms in total. The van der Waals surface area contributed by atoms with E-state index in [0.717, 1.165) is 42.1 Å². The predicted molar refractivity (Wildman–Crippen MR) is 123 cm³/mol. The van der Waals surface area contributed by atoms with Crippen LogP contribution in [0, 0.1) is 0 Å². The van der Waals surface area contributed by atoms with Crippen LogP contribution in [0.4, 0.5) is 0 Å². The van der Waals surface area contributed by atoms with Crippen LogP contribution in [0.5, 0.6) is 5.75 Å². The van der Waals surface area contributed by atoms with E-state index in [2.05, 4.69) is 17.1 Å². The van der Waals surface area contributed by atoms with E-state index in [-0.39, 0.29) is 18.0 Å². The Kier molecular flexibility index (Phi) is 6.66. The molecule has 0 aliphatic carbocycles. The summed E-state index contributed by atoms with van der Waals surface area (Å²) in [5.74, 6) is 1.07. The number of likely N-dealkylation sites (N-methyl/N-ethyl adjacent to an activating group) is 1. The standard InChI is InChI=1S/C25H28N4O3/c1-3-28-14-13-22-21(16-28)25(31)29(24(27-22)19-7-5-4-6-8-19)17-23(30)26-15-18-9-11-20(32-2)12-10-18/h4-12H,3,13-17H2,1-2H3,(H,26,30). The van der Waals surface area contributed by atoms with Gasteiger partial charge in [-0.25, -0.2) is 4.98 Å². The number of amides is 1. The lowest BCUT2D eigenvalue weighted by atomic mass is 10.1. The van der Waals surface area contributed by atoms with Gasteiger partial charge in [0.1, 0.15) is 18.1 Å². The van der Waals surface area contributed by atoms with Crippen LogP contribution in [0.1, 0.15) is 23.7 Å². The Bertz CT molecular complexity index is 1140. The minimum Gasteiger partial charge on any atom is -0.497 e. The van der Waals surface area contributed by atoms with Gasteiger partial charge >= 0.3 is 0 Å². The summed E-state index contributed by atoms with van der Waals surface area (Å²) in [6.07, 6.45) is 0.739. The van der Waals surface area contributed by atoms with E-state index in [1.54, 1.807) is 7.11 Å². The summed E-state index contributed by atoms with van der Waals surface area (Å²) in [6.45, 7) is 4.71. The van der Waals surface area contributed by atoms with Gasteiger partial charge in [-0.15, -0.1) is 0 Å². The topological polar surface area (TPSA) is 76.5 Å². The van der Waals surface area contributed by atoms with Gasteiger partial charge in [0.25, 0.3) is 5.56 Å². The van der Waals surface area contributed by atoms with Crippen molar-refractivity contribution in [3.8, 4) is 17.1 Å². The summed E-state index contributed by atoms with van der Waals surface area (Å²) in [5, 5.41) is 2.91. The maximum atomic E-state index is 13.5. The van der Waals surface area contributed by atoms with Gasteiger partial charge in [0.2, 0.25) is 5.91 Å². The summed E-state index contributed by atoms with van der Waals surface area (Å²) in [4.78, 5) is 33.3. The summed E-state index contributed by atoms with van der Waals surface area (Å²) in [5.41, 5.74) is 3.19. The lowest BCUT2D eigenvalue weighted by Gasteiger charge is -2.27. The maximum absolute atomic E-state index is 13.5. The molecule has 0 radical (unpaired) electrons. The number of hydrogen-bond donors (Lipinski definition) is 1. The van der Waals surface area contributed by atoms with Crippen molar-refractivity contribution >= 4 is 5.91 Å². The second kappa shape index (κ2) is 9.78. The number of nitrogens with zero attached hydrogens (tertiary/aromatic N) is 3. The molecule has 166 valence electrons. The van der Waals surface area contributed by atoms with Crippen molar-refractivity contribution in [1.29, 1.82) is 0 Å². The quantitative estimate of drug-likeness (QED) is 0.621. The van der Waals surface area contributed by atoms with Gasteiger partial charge in [-0.05, 0) is 24.2 Å². The highest BCUT2D eigenvalue weighted by Gasteiger charge is 2.24. The Morgan fingerprint density at radius 1 is 1.12 bits per heavy atom. The first-order valence-corrected chi connectivity index (χ1v) is 10.9. The first-order chi connectivity index (χ1) is 15.6. The molecule has 1 amide bonds. The third kappa shape index (κ3) is 4.73. The Hall–Kier alpha value is -3.45. The van der Waals surface area contributed by atoms with E-state index in [0.29, 0.717) is 24.5 Å². The highest BCUT2D eigenvalue weighted by molar-refractivity contribution is 5.76. The highest BCUT2D eigenvalue weighted by atomic mass is 16.5. The number of methoxy groups -OCH3 is 1. The van der Waals surface area contributed by atoms with Crippen LogP contribution < -0.4 is 15.6 Å². The van der Waals surface area contributed by atoms with Crippen LogP contribution in [-0.2, 0) is 30.8 Å². The van der Waals surface area contributed by atoms with E-state index in [9.17, 15) is 9.59 Å². The number of carbonyl (C=O) groups is 1. The Morgan fingerprint density at radius 3 is 2.56 bits per heavy atom. The molecule has 0 spiro atoms. The van der Waals surface area contributed by atoms with E-state index < -0.39 is 0 Å². The fourth-order valence-electron chi connectivity index (χ4n) is 3.94. The van der Waals surface area contributed by atoms with Crippen molar-refractivity contribution in [1.82, 2.24) is 19.8 Å². The molecule has 1 N–H and O–H groups in total. The molecule has 4 rings (SSSR count). The molecule has 0 saturated heterocycles. The number of fused-ring (bicyclic) bond motifs is 1. The van der Waals surface area contributed by atoms with Gasteiger partial charge in [-0.1, -0.05) is 49.4 Å². The van der Waals surface area contributed by atoms with Crippen LogP contribution in [0.15, 0.2) is 59.4 Å². The Balaban J connectivity index is 1.61. The number of benzene rings is 2. The fraction of sp³-hybridized carbons (Fsp3) is 0.320. The Morgan fingerprint density at radius 2 is 1.88 bits per heavy atom. The molecule has 2 heterocycles. The largest absolute Gasteiger partial charge is 0.497 e. The van der Waals surface area contributed by atoms with Gasteiger partial charge in [-0.2, -0.15) is 0 Å². The zero-order chi connectivity index (χ0) is 22.5. The van der Waals surface area contributed by atoms with E-state index in [1.165, 1.54) is 4.57 Å². The third-order valence-corrected chi connectivity index (χ3v) is 5.82. The molecule has 0 atom stereocenters. The number of rotatable bonds is 7. The highest BCUT2D eigenvalue weighted by Crippen LogP contribution is 2.20. The molecule has 1 aliphatic heterocycles. The van der Waals surface area contributed by atoms with Crippen LogP contribution >= 0.6 is 0 Å². The normalized spacial score (nSPS) is 13.4. The smallest absolute Gasteiger partial charge is 0.259 e.